The van der Waals surface area contributed by atoms with E-state index >= 15 is 0 Å². The third-order valence-corrected chi connectivity index (χ3v) is 3.74. The van der Waals surface area contributed by atoms with E-state index in [1.54, 1.807) is 0 Å². The van der Waals surface area contributed by atoms with Crippen LogP contribution < -0.4 is 10.2 Å². The lowest BCUT2D eigenvalue weighted by molar-refractivity contribution is 0.0562. The van der Waals surface area contributed by atoms with Crippen molar-refractivity contribution in [2.24, 2.45) is 0 Å². The number of nitrogens with one attached hydrogen (secondary N) is 1. The Balaban J connectivity index is 1.54. The highest BCUT2D eigenvalue weighted by molar-refractivity contribution is 5.44. The minimum Gasteiger partial charge on any atom is -0.375 e. The van der Waals surface area contributed by atoms with Crippen molar-refractivity contribution in [3.63, 3.8) is 0 Å². The number of hydrogen-bond acceptors (Lipinski definition) is 3. The fourth-order valence-electron chi connectivity index (χ4n) is 2.55. The summed E-state index contributed by atoms with van der Waals surface area (Å²) in [5.41, 5.74) is 1.29. The van der Waals surface area contributed by atoms with Gasteiger partial charge in [0.15, 0.2) is 0 Å². The minimum absolute atomic E-state index is 0.432. The highest BCUT2D eigenvalue weighted by Gasteiger charge is 2.20. The third kappa shape index (κ3) is 4.84. The molecule has 3 nitrogen and oxygen atoms in total. The molecule has 1 aliphatic heterocycles. The number of anilines is 1. The summed E-state index contributed by atoms with van der Waals surface area (Å²) < 4.78 is 5.79. The molecule has 19 heavy (non-hydrogen) atoms. The standard InChI is InChI=1S/C16H26N2O/c1-14-9-10-16(19-14)13-17-11-6-12-18(2)15-7-4-3-5-8-15/h3-5,7-8,14,16-17H,6,9-13H2,1-2H3. The molecule has 3 heteroatoms. The molecule has 1 fully saturated rings. The van der Waals surface area contributed by atoms with E-state index in [9.17, 15) is 0 Å². The highest BCUT2D eigenvalue weighted by atomic mass is 16.5. The zero-order valence-electron chi connectivity index (χ0n) is 12.1. The first-order chi connectivity index (χ1) is 9.25. The Morgan fingerprint density at radius 3 is 2.74 bits per heavy atom. The van der Waals surface area contributed by atoms with E-state index in [2.05, 4.69) is 54.5 Å². The molecule has 1 aliphatic rings. The van der Waals surface area contributed by atoms with Gasteiger partial charge >= 0.3 is 0 Å². The maximum Gasteiger partial charge on any atom is 0.0704 e. The molecule has 0 saturated carbocycles. The van der Waals surface area contributed by atoms with Gasteiger partial charge in [0.2, 0.25) is 0 Å². The fraction of sp³-hybridized carbons (Fsp3) is 0.625. The van der Waals surface area contributed by atoms with E-state index in [0.29, 0.717) is 12.2 Å². The molecule has 1 aromatic carbocycles. The van der Waals surface area contributed by atoms with Crippen LogP contribution in [-0.2, 0) is 4.74 Å². The van der Waals surface area contributed by atoms with Crippen molar-refractivity contribution in [3.05, 3.63) is 30.3 Å². The Labute approximate surface area is 116 Å². The van der Waals surface area contributed by atoms with Gasteiger partial charge in [-0.1, -0.05) is 18.2 Å². The van der Waals surface area contributed by atoms with Crippen molar-refractivity contribution in [2.45, 2.75) is 38.4 Å². The van der Waals surface area contributed by atoms with Gasteiger partial charge in [-0.15, -0.1) is 0 Å². The van der Waals surface area contributed by atoms with Crippen LogP contribution in [0.2, 0.25) is 0 Å². The molecule has 1 heterocycles. The summed E-state index contributed by atoms with van der Waals surface area (Å²) in [5.74, 6) is 0. The van der Waals surface area contributed by atoms with E-state index < -0.39 is 0 Å². The smallest absolute Gasteiger partial charge is 0.0704 e. The molecule has 0 aliphatic carbocycles. The summed E-state index contributed by atoms with van der Waals surface area (Å²) in [5, 5.41) is 3.50. The zero-order chi connectivity index (χ0) is 13.5. The zero-order valence-corrected chi connectivity index (χ0v) is 12.1. The summed E-state index contributed by atoms with van der Waals surface area (Å²) in [7, 11) is 2.15. The van der Waals surface area contributed by atoms with Gasteiger partial charge in [0.25, 0.3) is 0 Å². The Morgan fingerprint density at radius 2 is 2.05 bits per heavy atom. The Morgan fingerprint density at radius 1 is 1.26 bits per heavy atom. The van der Waals surface area contributed by atoms with Crippen molar-refractivity contribution in [1.82, 2.24) is 5.32 Å². The SMILES string of the molecule is CC1CCC(CNCCCN(C)c2ccccc2)O1. The molecule has 0 bridgehead atoms. The molecular weight excluding hydrogens is 236 g/mol. The Hall–Kier alpha value is -1.06. The largest absolute Gasteiger partial charge is 0.375 e. The van der Waals surface area contributed by atoms with Crippen LogP contribution in [0.25, 0.3) is 0 Å². The van der Waals surface area contributed by atoms with Gasteiger partial charge in [-0.05, 0) is 44.9 Å². The number of rotatable bonds is 7. The lowest BCUT2D eigenvalue weighted by atomic mass is 10.2. The van der Waals surface area contributed by atoms with Gasteiger partial charge in [-0.3, -0.25) is 0 Å². The molecule has 2 atom stereocenters. The topological polar surface area (TPSA) is 24.5 Å². The van der Waals surface area contributed by atoms with Crippen LogP contribution in [0.3, 0.4) is 0 Å². The van der Waals surface area contributed by atoms with Crippen LogP contribution >= 0.6 is 0 Å². The predicted octanol–water partition coefficient (Wildman–Crippen LogP) is 2.67. The summed E-state index contributed by atoms with van der Waals surface area (Å²) in [6.07, 6.45) is 4.47. The summed E-state index contributed by atoms with van der Waals surface area (Å²) in [6, 6.07) is 10.5. The molecule has 2 rings (SSSR count). The van der Waals surface area contributed by atoms with Crippen molar-refractivity contribution < 1.29 is 4.74 Å². The van der Waals surface area contributed by atoms with Gasteiger partial charge in [0.05, 0.1) is 12.2 Å². The molecular formula is C16H26N2O. The van der Waals surface area contributed by atoms with Gasteiger partial charge < -0.3 is 15.0 Å². The van der Waals surface area contributed by atoms with Crippen LogP contribution in [0.5, 0.6) is 0 Å². The van der Waals surface area contributed by atoms with E-state index in [1.165, 1.54) is 18.5 Å². The number of para-hydroxylation sites is 1. The van der Waals surface area contributed by atoms with Crippen LogP contribution in [-0.4, -0.2) is 38.9 Å². The molecule has 0 amide bonds. The van der Waals surface area contributed by atoms with E-state index in [1.807, 2.05) is 0 Å². The maximum absolute atomic E-state index is 5.79. The molecule has 1 N–H and O–H groups in total. The molecule has 106 valence electrons. The third-order valence-electron chi connectivity index (χ3n) is 3.74. The van der Waals surface area contributed by atoms with Crippen LogP contribution in [0.4, 0.5) is 5.69 Å². The van der Waals surface area contributed by atoms with Gasteiger partial charge in [0.1, 0.15) is 0 Å². The molecule has 0 radical (unpaired) electrons. The maximum atomic E-state index is 5.79. The first-order valence-electron chi connectivity index (χ1n) is 7.38. The second kappa shape index (κ2) is 7.51. The Kier molecular flexibility index (Phi) is 5.67. The average Bonchev–Trinajstić information content (AvgIpc) is 2.85. The van der Waals surface area contributed by atoms with E-state index in [4.69, 9.17) is 4.74 Å². The number of nitrogens with zero attached hydrogens (tertiary/aromatic N) is 1. The van der Waals surface area contributed by atoms with Crippen LogP contribution in [0.1, 0.15) is 26.2 Å². The lowest BCUT2D eigenvalue weighted by Gasteiger charge is -2.19. The number of benzene rings is 1. The summed E-state index contributed by atoms with van der Waals surface area (Å²) in [6.45, 7) is 5.30. The van der Waals surface area contributed by atoms with E-state index in [-0.39, 0.29) is 0 Å². The Bertz CT molecular complexity index is 355. The summed E-state index contributed by atoms with van der Waals surface area (Å²) >= 11 is 0. The number of ether oxygens (including phenoxy) is 1. The predicted molar refractivity (Wildman–Crippen MR) is 80.8 cm³/mol. The van der Waals surface area contributed by atoms with Crippen molar-refractivity contribution in [3.8, 4) is 0 Å². The average molecular weight is 262 g/mol. The molecule has 1 saturated heterocycles. The van der Waals surface area contributed by atoms with E-state index in [0.717, 1.165) is 26.1 Å². The first kappa shape index (κ1) is 14.4. The molecule has 0 spiro atoms. The molecule has 1 aromatic rings. The quantitative estimate of drug-likeness (QED) is 0.765. The highest BCUT2D eigenvalue weighted by Crippen LogP contribution is 2.18. The van der Waals surface area contributed by atoms with Gasteiger partial charge in [-0.25, -0.2) is 0 Å². The van der Waals surface area contributed by atoms with Crippen LogP contribution in [0, 0.1) is 0 Å². The van der Waals surface area contributed by atoms with Crippen molar-refractivity contribution in [2.75, 3.05) is 31.6 Å². The summed E-state index contributed by atoms with van der Waals surface area (Å²) in [4.78, 5) is 2.30. The van der Waals surface area contributed by atoms with Gasteiger partial charge in [-0.2, -0.15) is 0 Å². The molecule has 0 aromatic heterocycles. The molecule has 2 unspecified atom stereocenters. The monoisotopic (exact) mass is 262 g/mol. The second-order valence-electron chi connectivity index (χ2n) is 5.46. The van der Waals surface area contributed by atoms with Crippen LogP contribution in [0.15, 0.2) is 30.3 Å². The lowest BCUT2D eigenvalue weighted by Crippen LogP contribution is -2.29. The minimum atomic E-state index is 0.432. The second-order valence-corrected chi connectivity index (χ2v) is 5.46. The fourth-order valence-corrected chi connectivity index (χ4v) is 2.55. The van der Waals surface area contributed by atoms with Gasteiger partial charge in [0, 0.05) is 25.8 Å². The normalized spacial score (nSPS) is 22.6. The van der Waals surface area contributed by atoms with Crippen molar-refractivity contribution in [1.29, 1.82) is 0 Å². The number of hydrogen-bond donors (Lipinski definition) is 1. The first-order valence-corrected chi connectivity index (χ1v) is 7.38. The van der Waals surface area contributed by atoms with Crippen molar-refractivity contribution >= 4 is 5.69 Å².